The number of carbonyl (C=O) groups is 1. The summed E-state index contributed by atoms with van der Waals surface area (Å²) < 4.78 is 3.32. The van der Waals surface area contributed by atoms with Gasteiger partial charge in [-0.2, -0.15) is 5.10 Å². The molecular formula is C20H24ClN5O2S. The molecule has 9 heteroatoms. The lowest BCUT2D eigenvalue weighted by Gasteiger charge is -2.12. The van der Waals surface area contributed by atoms with Crippen molar-refractivity contribution in [3.8, 4) is 0 Å². The number of thioether (sulfide) groups is 1. The van der Waals surface area contributed by atoms with Crippen molar-refractivity contribution in [3.05, 3.63) is 44.8 Å². The van der Waals surface area contributed by atoms with Gasteiger partial charge in [-0.1, -0.05) is 36.4 Å². The van der Waals surface area contributed by atoms with Crippen LogP contribution >= 0.6 is 23.4 Å². The monoisotopic (exact) mass is 433 g/mol. The maximum Gasteiger partial charge on any atom is 0.280 e. The van der Waals surface area contributed by atoms with Crippen molar-refractivity contribution in [1.29, 1.82) is 0 Å². The summed E-state index contributed by atoms with van der Waals surface area (Å²) in [5.74, 6) is -0.0913. The molecule has 0 spiro atoms. The van der Waals surface area contributed by atoms with Crippen LogP contribution < -0.4 is 10.9 Å². The van der Waals surface area contributed by atoms with Gasteiger partial charge in [0.2, 0.25) is 5.91 Å². The number of hydrogen-bond acceptors (Lipinski definition) is 5. The molecule has 0 radical (unpaired) electrons. The van der Waals surface area contributed by atoms with Crippen molar-refractivity contribution in [3.63, 3.8) is 0 Å². The number of nitrogens with one attached hydrogen (secondary N) is 1. The van der Waals surface area contributed by atoms with E-state index in [1.807, 2.05) is 33.8 Å². The molecule has 0 aliphatic rings. The molecule has 2 heterocycles. The zero-order valence-corrected chi connectivity index (χ0v) is 18.5. The third-order valence-electron chi connectivity index (χ3n) is 4.46. The lowest BCUT2D eigenvalue weighted by molar-refractivity contribution is -0.113. The Kier molecular flexibility index (Phi) is 6.64. The topological polar surface area (TPSA) is 81.8 Å². The highest BCUT2D eigenvalue weighted by Gasteiger charge is 2.18. The Bertz CT molecular complexity index is 1120. The maximum atomic E-state index is 13.1. The van der Waals surface area contributed by atoms with Crippen molar-refractivity contribution >= 4 is 46.0 Å². The second-order valence-corrected chi connectivity index (χ2v) is 8.12. The number of hydrogen-bond donors (Lipinski definition) is 1. The first-order chi connectivity index (χ1) is 13.8. The molecule has 1 amide bonds. The van der Waals surface area contributed by atoms with E-state index in [-0.39, 0.29) is 17.2 Å². The third kappa shape index (κ3) is 4.48. The van der Waals surface area contributed by atoms with Crippen molar-refractivity contribution in [2.24, 2.45) is 0 Å². The van der Waals surface area contributed by atoms with Crippen LogP contribution in [0.2, 0.25) is 5.02 Å². The van der Waals surface area contributed by atoms with Gasteiger partial charge in [0, 0.05) is 13.1 Å². The number of rotatable bonds is 7. The summed E-state index contributed by atoms with van der Waals surface area (Å²) in [6.45, 7) is 8.84. The summed E-state index contributed by atoms with van der Waals surface area (Å²) in [5, 5.41) is 8.24. The summed E-state index contributed by atoms with van der Waals surface area (Å²) in [6, 6.07) is 5.46. The Morgan fingerprint density at radius 3 is 2.69 bits per heavy atom. The van der Waals surface area contributed by atoms with E-state index >= 15 is 0 Å². The zero-order chi connectivity index (χ0) is 21.1. The number of halogens is 1. The van der Waals surface area contributed by atoms with E-state index < -0.39 is 0 Å². The fourth-order valence-electron chi connectivity index (χ4n) is 3.09. The van der Waals surface area contributed by atoms with Crippen LogP contribution in [-0.4, -0.2) is 31.0 Å². The summed E-state index contributed by atoms with van der Waals surface area (Å²) in [4.78, 5) is 30.2. The molecule has 0 saturated heterocycles. The number of aryl methyl sites for hydroxylation is 3. The van der Waals surface area contributed by atoms with Crippen LogP contribution in [0.5, 0.6) is 0 Å². The number of benzene rings is 1. The SMILES string of the molecule is CCCn1c(SCC(=O)Nc2ccc(C)cc2Cl)nc2c(C)nn(CC)c2c1=O. The van der Waals surface area contributed by atoms with Crippen LogP contribution in [0.25, 0.3) is 11.0 Å². The normalized spacial score (nSPS) is 11.2. The molecule has 3 aromatic rings. The molecule has 2 aromatic heterocycles. The molecule has 0 unspecified atom stereocenters. The highest BCUT2D eigenvalue weighted by Crippen LogP contribution is 2.24. The number of carbonyl (C=O) groups excluding carboxylic acids is 1. The molecule has 0 bridgehead atoms. The number of fused-ring (bicyclic) bond motifs is 1. The molecule has 0 aliphatic carbocycles. The first-order valence-corrected chi connectivity index (χ1v) is 10.9. The van der Waals surface area contributed by atoms with E-state index in [0.717, 1.165) is 12.0 Å². The van der Waals surface area contributed by atoms with Gasteiger partial charge in [0.15, 0.2) is 10.7 Å². The van der Waals surface area contributed by atoms with Crippen LogP contribution in [0.1, 0.15) is 31.5 Å². The van der Waals surface area contributed by atoms with Crippen molar-refractivity contribution in [2.45, 2.75) is 52.4 Å². The highest BCUT2D eigenvalue weighted by molar-refractivity contribution is 7.99. The number of aromatic nitrogens is 4. The molecule has 1 aromatic carbocycles. The average molecular weight is 434 g/mol. The van der Waals surface area contributed by atoms with Gasteiger partial charge in [-0.05, 0) is 44.9 Å². The predicted molar refractivity (Wildman–Crippen MR) is 118 cm³/mol. The van der Waals surface area contributed by atoms with Crippen molar-refractivity contribution in [1.82, 2.24) is 19.3 Å². The minimum atomic E-state index is -0.209. The van der Waals surface area contributed by atoms with Gasteiger partial charge in [0.25, 0.3) is 5.56 Å². The van der Waals surface area contributed by atoms with E-state index in [0.29, 0.717) is 45.7 Å². The standard InChI is InChI=1S/C20H24ClN5O2S/c1-5-9-25-19(28)18-17(13(4)24-26(18)6-2)23-20(25)29-11-16(27)22-15-8-7-12(3)10-14(15)21/h7-8,10H,5-6,9,11H2,1-4H3,(H,22,27). The fraction of sp³-hybridized carbons (Fsp3) is 0.400. The Morgan fingerprint density at radius 2 is 2.03 bits per heavy atom. The van der Waals surface area contributed by atoms with Crippen LogP contribution in [0, 0.1) is 13.8 Å². The third-order valence-corrected chi connectivity index (χ3v) is 5.75. The number of amides is 1. The van der Waals surface area contributed by atoms with Gasteiger partial charge in [-0.15, -0.1) is 0 Å². The summed E-state index contributed by atoms with van der Waals surface area (Å²) in [5.41, 5.74) is 3.28. The molecule has 0 saturated carbocycles. The van der Waals surface area contributed by atoms with Crippen LogP contribution in [-0.2, 0) is 17.9 Å². The Morgan fingerprint density at radius 1 is 1.28 bits per heavy atom. The first kappa shape index (κ1) is 21.4. The molecule has 7 nitrogen and oxygen atoms in total. The molecular weight excluding hydrogens is 410 g/mol. The molecule has 3 rings (SSSR count). The van der Waals surface area contributed by atoms with Gasteiger partial charge in [0.05, 0.1) is 22.2 Å². The summed E-state index contributed by atoms with van der Waals surface area (Å²) >= 11 is 7.43. The molecule has 154 valence electrons. The van der Waals surface area contributed by atoms with E-state index in [1.165, 1.54) is 11.8 Å². The molecule has 0 fully saturated rings. The lowest BCUT2D eigenvalue weighted by atomic mass is 10.2. The van der Waals surface area contributed by atoms with E-state index in [4.69, 9.17) is 11.6 Å². The molecule has 29 heavy (non-hydrogen) atoms. The van der Waals surface area contributed by atoms with Crippen LogP contribution in [0.15, 0.2) is 28.2 Å². The molecule has 0 aliphatic heterocycles. The first-order valence-electron chi connectivity index (χ1n) is 9.52. The highest BCUT2D eigenvalue weighted by atomic mass is 35.5. The Balaban J connectivity index is 1.87. The molecule has 0 atom stereocenters. The van der Waals surface area contributed by atoms with Gasteiger partial charge >= 0.3 is 0 Å². The number of nitrogens with zero attached hydrogens (tertiary/aromatic N) is 4. The summed E-state index contributed by atoms with van der Waals surface area (Å²) in [7, 11) is 0. The van der Waals surface area contributed by atoms with E-state index in [9.17, 15) is 9.59 Å². The minimum absolute atomic E-state index is 0.118. The maximum absolute atomic E-state index is 13.1. The van der Waals surface area contributed by atoms with Crippen LogP contribution in [0.3, 0.4) is 0 Å². The largest absolute Gasteiger partial charge is 0.324 e. The minimum Gasteiger partial charge on any atom is -0.324 e. The zero-order valence-electron chi connectivity index (χ0n) is 17.0. The molecule has 1 N–H and O–H groups in total. The lowest BCUT2D eigenvalue weighted by Crippen LogP contribution is -2.25. The van der Waals surface area contributed by atoms with E-state index in [1.54, 1.807) is 21.4 Å². The van der Waals surface area contributed by atoms with Crippen LogP contribution in [0.4, 0.5) is 5.69 Å². The van der Waals surface area contributed by atoms with Crippen molar-refractivity contribution in [2.75, 3.05) is 11.1 Å². The second-order valence-electron chi connectivity index (χ2n) is 6.77. The second kappa shape index (κ2) is 9.00. The van der Waals surface area contributed by atoms with Gasteiger partial charge in [-0.25, -0.2) is 4.98 Å². The van der Waals surface area contributed by atoms with Gasteiger partial charge < -0.3 is 5.32 Å². The quantitative estimate of drug-likeness (QED) is 0.449. The van der Waals surface area contributed by atoms with Crippen molar-refractivity contribution < 1.29 is 4.79 Å². The average Bonchev–Trinajstić information content (AvgIpc) is 3.01. The predicted octanol–water partition coefficient (Wildman–Crippen LogP) is 4.02. The van der Waals surface area contributed by atoms with Gasteiger partial charge in [-0.3, -0.25) is 18.8 Å². The number of anilines is 1. The van der Waals surface area contributed by atoms with Gasteiger partial charge in [0.1, 0.15) is 5.52 Å². The Labute approximate surface area is 178 Å². The smallest absolute Gasteiger partial charge is 0.280 e. The Hall–Kier alpha value is -2.32. The summed E-state index contributed by atoms with van der Waals surface area (Å²) in [6.07, 6.45) is 0.783. The fourth-order valence-corrected chi connectivity index (χ4v) is 4.19. The van der Waals surface area contributed by atoms with E-state index in [2.05, 4.69) is 15.4 Å².